The molecule has 3 atom stereocenters. The van der Waals surface area contributed by atoms with Crippen LogP contribution in [0.1, 0.15) is 34.2 Å². The van der Waals surface area contributed by atoms with E-state index < -0.39 is 0 Å². The van der Waals surface area contributed by atoms with Crippen molar-refractivity contribution >= 4 is 17.1 Å². The topological polar surface area (TPSA) is 98.3 Å². The van der Waals surface area contributed by atoms with Crippen molar-refractivity contribution in [2.75, 3.05) is 5.32 Å². The van der Waals surface area contributed by atoms with Crippen molar-refractivity contribution in [1.82, 2.24) is 0 Å². The fourth-order valence-corrected chi connectivity index (χ4v) is 4.82. The van der Waals surface area contributed by atoms with Gasteiger partial charge in [-0.15, -0.1) is 0 Å². The van der Waals surface area contributed by atoms with E-state index in [1.165, 1.54) is 23.3 Å². The van der Waals surface area contributed by atoms with Gasteiger partial charge in [0.25, 0.3) is 11.4 Å². The van der Waals surface area contributed by atoms with Crippen molar-refractivity contribution in [2.24, 2.45) is 5.92 Å². The van der Waals surface area contributed by atoms with E-state index in [2.05, 4.69) is 17.4 Å². The Hall–Kier alpha value is -3.74. The van der Waals surface area contributed by atoms with Crippen LogP contribution in [0.3, 0.4) is 0 Å². The fraction of sp³-hybridized carbons (Fsp3) is 0.182. The molecule has 0 unspecified atom stereocenters. The van der Waals surface area contributed by atoms with Crippen LogP contribution in [0.4, 0.5) is 17.1 Å². The van der Waals surface area contributed by atoms with Crippen molar-refractivity contribution < 1.29 is 9.85 Å². The quantitative estimate of drug-likeness (QED) is 0.505. The minimum absolute atomic E-state index is 0.00612. The van der Waals surface area contributed by atoms with E-state index in [0.29, 0.717) is 0 Å². The Morgan fingerprint density at radius 2 is 1.59 bits per heavy atom. The Labute approximate surface area is 166 Å². The van der Waals surface area contributed by atoms with Gasteiger partial charge in [-0.3, -0.25) is 20.2 Å². The van der Waals surface area contributed by atoms with E-state index in [1.54, 1.807) is 24.3 Å². The number of nitrogens with one attached hydrogen (secondary N) is 1. The molecule has 5 rings (SSSR count). The van der Waals surface area contributed by atoms with E-state index in [4.69, 9.17) is 0 Å². The van der Waals surface area contributed by atoms with Gasteiger partial charge in [0.05, 0.1) is 15.9 Å². The largest absolute Gasteiger partial charge is 0.378 e. The van der Waals surface area contributed by atoms with Gasteiger partial charge in [-0.1, -0.05) is 36.4 Å². The number of non-ortho nitro benzene ring substituents is 2. The smallest absolute Gasteiger partial charge is 0.269 e. The molecule has 0 saturated carbocycles. The highest BCUT2D eigenvalue weighted by molar-refractivity contribution is 5.65. The number of nitro benzene ring substituents is 2. The van der Waals surface area contributed by atoms with Crippen molar-refractivity contribution in [2.45, 2.75) is 18.4 Å². The van der Waals surface area contributed by atoms with Crippen LogP contribution in [-0.4, -0.2) is 9.85 Å². The molecule has 0 aromatic heterocycles. The van der Waals surface area contributed by atoms with Gasteiger partial charge >= 0.3 is 0 Å². The van der Waals surface area contributed by atoms with E-state index in [9.17, 15) is 20.2 Å². The molecule has 0 radical (unpaired) electrons. The third-order valence-corrected chi connectivity index (χ3v) is 6.03. The standard InChI is InChI=1S/C22H17N3O4/c26-24(27)15-6-3-5-14(10-15)22-19-11-13-4-1-2-7-17(13)21(19)18-12-16(25(28)29)8-9-20(18)23-22/h1-10,12,19,21-23H,11H2/t19-,21-,22-/m0/s1. The van der Waals surface area contributed by atoms with Crippen LogP contribution in [-0.2, 0) is 6.42 Å². The molecular formula is C22H17N3O4. The van der Waals surface area contributed by atoms with Gasteiger partial charge in [0.15, 0.2) is 0 Å². The summed E-state index contributed by atoms with van der Waals surface area (Å²) in [4.78, 5) is 21.8. The van der Waals surface area contributed by atoms with E-state index in [-0.39, 0.29) is 39.1 Å². The average molecular weight is 387 g/mol. The van der Waals surface area contributed by atoms with Crippen molar-refractivity contribution in [3.8, 4) is 0 Å². The number of hydrogen-bond donors (Lipinski definition) is 1. The molecule has 0 saturated heterocycles. The molecule has 3 aromatic carbocycles. The maximum atomic E-state index is 11.3. The Morgan fingerprint density at radius 1 is 0.828 bits per heavy atom. The first kappa shape index (κ1) is 17.4. The zero-order chi connectivity index (χ0) is 20.1. The van der Waals surface area contributed by atoms with Gasteiger partial charge in [-0.2, -0.15) is 0 Å². The number of benzene rings is 3. The molecule has 0 amide bonds. The zero-order valence-electron chi connectivity index (χ0n) is 15.3. The van der Waals surface area contributed by atoms with Crippen molar-refractivity contribution in [3.05, 3.63) is 109 Å². The number of anilines is 1. The third kappa shape index (κ3) is 2.74. The first-order valence-corrected chi connectivity index (χ1v) is 9.40. The Balaban J connectivity index is 1.67. The predicted octanol–water partition coefficient (Wildman–Crippen LogP) is 4.97. The second kappa shape index (κ2) is 6.41. The molecular weight excluding hydrogens is 370 g/mol. The summed E-state index contributed by atoms with van der Waals surface area (Å²) in [6.45, 7) is 0. The second-order valence-electron chi connectivity index (χ2n) is 7.55. The van der Waals surface area contributed by atoms with Gasteiger partial charge in [0.1, 0.15) is 0 Å². The molecule has 1 heterocycles. The molecule has 1 aliphatic heterocycles. The van der Waals surface area contributed by atoms with Gasteiger partial charge < -0.3 is 5.32 Å². The predicted molar refractivity (Wildman–Crippen MR) is 108 cm³/mol. The summed E-state index contributed by atoms with van der Waals surface area (Å²) in [6, 6.07) is 19.7. The molecule has 2 aliphatic rings. The number of nitrogens with zero attached hydrogens (tertiary/aromatic N) is 2. The molecule has 0 spiro atoms. The lowest BCUT2D eigenvalue weighted by atomic mass is 9.75. The molecule has 7 heteroatoms. The number of rotatable bonds is 3. The van der Waals surface area contributed by atoms with Crippen LogP contribution >= 0.6 is 0 Å². The Morgan fingerprint density at radius 3 is 2.38 bits per heavy atom. The maximum absolute atomic E-state index is 11.3. The van der Waals surface area contributed by atoms with Gasteiger partial charge in [0, 0.05) is 35.9 Å². The summed E-state index contributed by atoms with van der Waals surface area (Å²) in [5.41, 5.74) is 5.13. The van der Waals surface area contributed by atoms with Crippen LogP contribution < -0.4 is 5.32 Å². The minimum atomic E-state index is -0.384. The summed E-state index contributed by atoms with van der Waals surface area (Å²) >= 11 is 0. The van der Waals surface area contributed by atoms with Crippen LogP contribution in [0.15, 0.2) is 66.7 Å². The summed E-state index contributed by atoms with van der Waals surface area (Å²) in [5, 5.41) is 26.1. The molecule has 0 bridgehead atoms. The van der Waals surface area contributed by atoms with Gasteiger partial charge in [-0.05, 0) is 40.7 Å². The van der Waals surface area contributed by atoms with E-state index >= 15 is 0 Å². The summed E-state index contributed by atoms with van der Waals surface area (Å²) < 4.78 is 0. The summed E-state index contributed by atoms with van der Waals surface area (Å²) in [6.07, 6.45) is 0.809. The molecule has 3 aromatic rings. The molecule has 29 heavy (non-hydrogen) atoms. The average Bonchev–Trinajstić information content (AvgIpc) is 3.12. The van der Waals surface area contributed by atoms with E-state index in [1.807, 2.05) is 18.2 Å². The first-order chi connectivity index (χ1) is 14.0. The summed E-state index contributed by atoms with van der Waals surface area (Å²) in [5.74, 6) is 0.121. The highest BCUT2D eigenvalue weighted by atomic mass is 16.6. The lowest BCUT2D eigenvalue weighted by molar-refractivity contribution is -0.385. The lowest BCUT2D eigenvalue weighted by Crippen LogP contribution is -2.30. The molecule has 1 aliphatic carbocycles. The fourth-order valence-electron chi connectivity index (χ4n) is 4.82. The van der Waals surface area contributed by atoms with Crippen LogP contribution in [0.25, 0.3) is 0 Å². The normalized spacial score (nSPS) is 21.4. The monoisotopic (exact) mass is 387 g/mol. The maximum Gasteiger partial charge on any atom is 0.269 e. The second-order valence-corrected chi connectivity index (χ2v) is 7.55. The SMILES string of the molecule is O=[N+]([O-])c1cccc([C@@H]2Nc3ccc([N+](=O)[O-])cc3[C@@H]3c4ccccc4C[C@@H]32)c1. The number of hydrogen-bond acceptors (Lipinski definition) is 5. The van der Waals surface area contributed by atoms with Crippen molar-refractivity contribution in [1.29, 1.82) is 0 Å². The van der Waals surface area contributed by atoms with Gasteiger partial charge in [0.2, 0.25) is 0 Å². The molecule has 1 N–H and O–H groups in total. The lowest BCUT2D eigenvalue weighted by Gasteiger charge is -2.37. The number of nitro groups is 2. The van der Waals surface area contributed by atoms with E-state index in [0.717, 1.165) is 23.2 Å². The summed E-state index contributed by atoms with van der Waals surface area (Å²) in [7, 11) is 0. The minimum Gasteiger partial charge on any atom is -0.378 e. The number of fused-ring (bicyclic) bond motifs is 5. The third-order valence-electron chi connectivity index (χ3n) is 6.03. The Kier molecular flexibility index (Phi) is 3.84. The Bertz CT molecular complexity index is 1160. The van der Waals surface area contributed by atoms with Gasteiger partial charge in [-0.25, -0.2) is 0 Å². The molecule has 144 valence electrons. The highest BCUT2D eigenvalue weighted by Gasteiger charge is 2.44. The van der Waals surface area contributed by atoms with Crippen LogP contribution in [0.5, 0.6) is 0 Å². The van der Waals surface area contributed by atoms with Crippen LogP contribution in [0.2, 0.25) is 0 Å². The van der Waals surface area contributed by atoms with Crippen LogP contribution in [0, 0.1) is 26.1 Å². The molecule has 0 fully saturated rings. The zero-order valence-corrected chi connectivity index (χ0v) is 15.3. The first-order valence-electron chi connectivity index (χ1n) is 9.40. The molecule has 7 nitrogen and oxygen atoms in total. The van der Waals surface area contributed by atoms with Crippen molar-refractivity contribution in [3.63, 3.8) is 0 Å². The highest BCUT2D eigenvalue weighted by Crippen LogP contribution is 2.54.